The van der Waals surface area contributed by atoms with Gasteiger partial charge in [0, 0.05) is 25.7 Å². The van der Waals surface area contributed by atoms with E-state index in [-0.39, 0.29) is 5.60 Å². The standard InChI is InChI=1S/C11H24N2OS/c1-11(5-3-6-14-11)9-13-10(8-12)4-7-15-2/h10,13H,3-9,12H2,1-2H3. The minimum atomic E-state index is 0.0484. The van der Waals surface area contributed by atoms with Crippen LogP contribution in [0.5, 0.6) is 0 Å². The van der Waals surface area contributed by atoms with Crippen LogP contribution in [-0.4, -0.2) is 43.3 Å². The van der Waals surface area contributed by atoms with Gasteiger partial charge < -0.3 is 15.8 Å². The summed E-state index contributed by atoms with van der Waals surface area (Å²) in [6, 6.07) is 0.443. The van der Waals surface area contributed by atoms with Gasteiger partial charge >= 0.3 is 0 Å². The molecule has 0 radical (unpaired) electrons. The zero-order valence-corrected chi connectivity index (χ0v) is 10.7. The first kappa shape index (κ1) is 13.3. The van der Waals surface area contributed by atoms with E-state index in [4.69, 9.17) is 10.5 Å². The first-order chi connectivity index (χ1) is 7.20. The van der Waals surface area contributed by atoms with Crippen LogP contribution in [0.25, 0.3) is 0 Å². The van der Waals surface area contributed by atoms with Gasteiger partial charge in [-0.1, -0.05) is 0 Å². The molecule has 0 saturated carbocycles. The molecule has 1 fully saturated rings. The zero-order chi connectivity index (χ0) is 11.1. The lowest BCUT2D eigenvalue weighted by atomic mass is 10.0. The quantitative estimate of drug-likeness (QED) is 0.693. The zero-order valence-electron chi connectivity index (χ0n) is 9.92. The van der Waals surface area contributed by atoms with Crippen LogP contribution >= 0.6 is 11.8 Å². The summed E-state index contributed by atoms with van der Waals surface area (Å²) in [6.45, 7) is 4.76. The van der Waals surface area contributed by atoms with Crippen molar-refractivity contribution in [3.05, 3.63) is 0 Å². The fourth-order valence-electron chi connectivity index (χ4n) is 1.90. The molecule has 2 unspecified atom stereocenters. The van der Waals surface area contributed by atoms with Crippen LogP contribution < -0.4 is 11.1 Å². The topological polar surface area (TPSA) is 47.3 Å². The molecule has 3 nitrogen and oxygen atoms in total. The number of rotatable bonds is 7. The first-order valence-electron chi connectivity index (χ1n) is 5.76. The van der Waals surface area contributed by atoms with Crippen LogP contribution in [0.15, 0.2) is 0 Å². The Bertz CT molecular complexity index is 172. The monoisotopic (exact) mass is 232 g/mol. The second-order valence-electron chi connectivity index (χ2n) is 4.50. The summed E-state index contributed by atoms with van der Waals surface area (Å²) in [5.41, 5.74) is 5.78. The minimum absolute atomic E-state index is 0.0484. The summed E-state index contributed by atoms with van der Waals surface area (Å²) < 4.78 is 5.73. The van der Waals surface area contributed by atoms with Crippen molar-refractivity contribution in [3.8, 4) is 0 Å². The molecule has 1 aliphatic heterocycles. The van der Waals surface area contributed by atoms with E-state index in [0.717, 1.165) is 26.1 Å². The summed E-state index contributed by atoms with van der Waals surface area (Å²) in [7, 11) is 0. The third-order valence-electron chi connectivity index (χ3n) is 3.02. The van der Waals surface area contributed by atoms with E-state index in [2.05, 4.69) is 18.5 Å². The molecular weight excluding hydrogens is 208 g/mol. The minimum Gasteiger partial charge on any atom is -0.374 e. The second kappa shape index (κ2) is 6.74. The van der Waals surface area contributed by atoms with Gasteiger partial charge in [-0.15, -0.1) is 0 Å². The van der Waals surface area contributed by atoms with Gasteiger partial charge in [0.05, 0.1) is 5.60 Å². The van der Waals surface area contributed by atoms with Crippen molar-refractivity contribution in [3.63, 3.8) is 0 Å². The molecule has 90 valence electrons. The number of nitrogens with one attached hydrogen (secondary N) is 1. The van der Waals surface area contributed by atoms with Crippen LogP contribution in [0.2, 0.25) is 0 Å². The van der Waals surface area contributed by atoms with E-state index in [9.17, 15) is 0 Å². The highest BCUT2D eigenvalue weighted by Crippen LogP contribution is 2.24. The Kier molecular flexibility index (Phi) is 5.97. The summed E-state index contributed by atoms with van der Waals surface area (Å²) in [5, 5.41) is 3.52. The number of ether oxygens (including phenoxy) is 1. The average Bonchev–Trinajstić information content (AvgIpc) is 2.66. The second-order valence-corrected chi connectivity index (χ2v) is 5.48. The molecule has 0 aromatic rings. The summed E-state index contributed by atoms with van der Waals surface area (Å²) in [5.74, 6) is 1.17. The molecule has 0 spiro atoms. The lowest BCUT2D eigenvalue weighted by Crippen LogP contribution is -2.45. The van der Waals surface area contributed by atoms with Crippen molar-refractivity contribution in [2.75, 3.05) is 31.7 Å². The van der Waals surface area contributed by atoms with Crippen molar-refractivity contribution in [1.29, 1.82) is 0 Å². The predicted octanol–water partition coefficient (Wildman–Crippen LogP) is 1.23. The highest BCUT2D eigenvalue weighted by Gasteiger charge is 2.29. The van der Waals surface area contributed by atoms with Crippen molar-refractivity contribution < 1.29 is 4.74 Å². The highest BCUT2D eigenvalue weighted by molar-refractivity contribution is 7.98. The van der Waals surface area contributed by atoms with E-state index >= 15 is 0 Å². The van der Waals surface area contributed by atoms with E-state index in [1.165, 1.54) is 18.6 Å². The smallest absolute Gasteiger partial charge is 0.0779 e. The molecule has 1 heterocycles. The van der Waals surface area contributed by atoms with Gasteiger partial charge in [0.1, 0.15) is 0 Å². The average molecular weight is 232 g/mol. The van der Waals surface area contributed by atoms with Gasteiger partial charge in [0.2, 0.25) is 0 Å². The third kappa shape index (κ3) is 4.72. The largest absolute Gasteiger partial charge is 0.374 e. The maximum Gasteiger partial charge on any atom is 0.0779 e. The number of hydrogen-bond donors (Lipinski definition) is 2. The van der Waals surface area contributed by atoms with Crippen LogP contribution in [0.1, 0.15) is 26.2 Å². The van der Waals surface area contributed by atoms with Crippen LogP contribution in [0.3, 0.4) is 0 Å². The normalized spacial score (nSPS) is 28.2. The van der Waals surface area contributed by atoms with E-state index in [0.29, 0.717) is 6.04 Å². The molecule has 0 aromatic carbocycles. The lowest BCUT2D eigenvalue weighted by molar-refractivity contribution is 0.0189. The van der Waals surface area contributed by atoms with Gasteiger partial charge in [-0.05, 0) is 38.2 Å². The fraction of sp³-hybridized carbons (Fsp3) is 1.00. The van der Waals surface area contributed by atoms with Crippen molar-refractivity contribution in [2.45, 2.75) is 37.8 Å². The van der Waals surface area contributed by atoms with E-state index < -0.39 is 0 Å². The molecule has 0 aromatic heterocycles. The predicted molar refractivity (Wildman–Crippen MR) is 67.4 cm³/mol. The fourth-order valence-corrected chi connectivity index (χ4v) is 2.42. The molecule has 1 rings (SSSR count). The van der Waals surface area contributed by atoms with Gasteiger partial charge in [-0.3, -0.25) is 0 Å². The Morgan fingerprint density at radius 1 is 1.60 bits per heavy atom. The molecule has 4 heteroatoms. The molecule has 0 aliphatic carbocycles. The Labute approximate surface area is 97.5 Å². The molecule has 1 aliphatic rings. The molecule has 0 amide bonds. The number of hydrogen-bond acceptors (Lipinski definition) is 4. The van der Waals surface area contributed by atoms with Crippen LogP contribution in [-0.2, 0) is 4.74 Å². The van der Waals surface area contributed by atoms with Gasteiger partial charge in [-0.25, -0.2) is 0 Å². The van der Waals surface area contributed by atoms with Crippen molar-refractivity contribution in [1.82, 2.24) is 5.32 Å². The molecule has 2 atom stereocenters. The Morgan fingerprint density at radius 3 is 2.93 bits per heavy atom. The maximum absolute atomic E-state index is 5.73. The summed E-state index contributed by atoms with van der Waals surface area (Å²) in [4.78, 5) is 0. The SMILES string of the molecule is CSCCC(CN)NCC1(C)CCCO1. The van der Waals surface area contributed by atoms with E-state index in [1.54, 1.807) is 0 Å². The van der Waals surface area contributed by atoms with Crippen molar-refractivity contribution >= 4 is 11.8 Å². The maximum atomic E-state index is 5.73. The third-order valence-corrected chi connectivity index (χ3v) is 3.66. The molecule has 15 heavy (non-hydrogen) atoms. The number of nitrogens with two attached hydrogens (primary N) is 1. The molecule has 0 bridgehead atoms. The Morgan fingerprint density at radius 2 is 2.40 bits per heavy atom. The van der Waals surface area contributed by atoms with Gasteiger partial charge in [-0.2, -0.15) is 11.8 Å². The highest BCUT2D eigenvalue weighted by atomic mass is 32.2. The molecule has 3 N–H and O–H groups in total. The van der Waals surface area contributed by atoms with Crippen molar-refractivity contribution in [2.24, 2.45) is 5.73 Å². The molecule has 1 saturated heterocycles. The van der Waals surface area contributed by atoms with E-state index in [1.807, 2.05) is 11.8 Å². The van der Waals surface area contributed by atoms with Gasteiger partial charge in [0.25, 0.3) is 0 Å². The van der Waals surface area contributed by atoms with Crippen LogP contribution in [0.4, 0.5) is 0 Å². The number of thioether (sulfide) groups is 1. The Hall–Kier alpha value is 0.230. The summed E-state index contributed by atoms with van der Waals surface area (Å²) >= 11 is 1.88. The summed E-state index contributed by atoms with van der Waals surface area (Å²) in [6.07, 6.45) is 5.64. The van der Waals surface area contributed by atoms with Crippen LogP contribution in [0, 0.1) is 0 Å². The Balaban J connectivity index is 2.20. The first-order valence-corrected chi connectivity index (χ1v) is 7.16. The molecular formula is C11H24N2OS. The van der Waals surface area contributed by atoms with Gasteiger partial charge in [0.15, 0.2) is 0 Å². The lowest BCUT2D eigenvalue weighted by Gasteiger charge is -2.26.